The summed E-state index contributed by atoms with van der Waals surface area (Å²) >= 11 is 0. The number of aliphatic hydroxyl groups is 1. The van der Waals surface area contributed by atoms with Crippen LogP contribution < -0.4 is 0 Å². The fourth-order valence-electron chi connectivity index (χ4n) is 3.29. The largest absolute Gasteiger partial charge is 0.393 e. The van der Waals surface area contributed by atoms with Gasteiger partial charge < -0.3 is 9.67 Å². The van der Waals surface area contributed by atoms with Gasteiger partial charge in [-0.1, -0.05) is 20.8 Å². The van der Waals surface area contributed by atoms with Crippen molar-refractivity contribution in [3.63, 3.8) is 0 Å². The highest BCUT2D eigenvalue weighted by molar-refractivity contribution is 5.11. The Hall–Kier alpha value is -0.830. The Balaban J connectivity index is 2.34. The first-order chi connectivity index (χ1) is 8.30. The Bertz CT molecular complexity index is 417. The maximum atomic E-state index is 9.99. The number of aryl methyl sites for hydroxylation is 1. The van der Waals surface area contributed by atoms with Crippen LogP contribution in [0.2, 0.25) is 0 Å². The molecule has 1 heterocycles. The molecule has 3 atom stereocenters. The van der Waals surface area contributed by atoms with Crippen LogP contribution in [0.4, 0.5) is 0 Å². The number of imidazole rings is 1. The quantitative estimate of drug-likeness (QED) is 0.831. The van der Waals surface area contributed by atoms with E-state index in [-0.39, 0.29) is 11.5 Å². The minimum absolute atomic E-state index is 0.157. The molecule has 3 nitrogen and oxygen atoms in total. The van der Waals surface area contributed by atoms with Crippen LogP contribution >= 0.6 is 0 Å². The summed E-state index contributed by atoms with van der Waals surface area (Å²) in [5, 5.41) is 9.99. The van der Waals surface area contributed by atoms with Crippen molar-refractivity contribution >= 4 is 0 Å². The lowest BCUT2D eigenvalue weighted by atomic mass is 9.69. The molecule has 0 aromatic carbocycles. The van der Waals surface area contributed by atoms with Crippen molar-refractivity contribution in [3.8, 4) is 0 Å². The Morgan fingerprint density at radius 3 is 2.44 bits per heavy atom. The average molecular weight is 250 g/mol. The van der Waals surface area contributed by atoms with Crippen molar-refractivity contribution in [1.82, 2.24) is 9.55 Å². The summed E-state index contributed by atoms with van der Waals surface area (Å²) in [4.78, 5) is 4.41. The minimum atomic E-state index is -0.157. The molecule has 0 amide bonds. The second-order valence-corrected chi connectivity index (χ2v) is 6.83. The summed E-state index contributed by atoms with van der Waals surface area (Å²) < 4.78 is 2.29. The lowest BCUT2D eigenvalue weighted by Crippen LogP contribution is -2.37. The van der Waals surface area contributed by atoms with Gasteiger partial charge in [0.15, 0.2) is 0 Å². The summed E-state index contributed by atoms with van der Waals surface area (Å²) in [7, 11) is 0. The molecule has 102 valence electrons. The number of hydrogen-bond acceptors (Lipinski definition) is 2. The molecule has 3 unspecified atom stereocenters. The zero-order valence-electron chi connectivity index (χ0n) is 12.3. The fraction of sp³-hybridized carbons (Fsp3) is 0.800. The van der Waals surface area contributed by atoms with Gasteiger partial charge in [-0.05, 0) is 44.4 Å². The molecule has 0 radical (unpaired) electrons. The van der Waals surface area contributed by atoms with Crippen LogP contribution in [0.3, 0.4) is 0 Å². The average Bonchev–Trinajstić information content (AvgIpc) is 2.58. The first-order valence-corrected chi connectivity index (χ1v) is 6.99. The van der Waals surface area contributed by atoms with E-state index in [1.54, 1.807) is 0 Å². The van der Waals surface area contributed by atoms with Gasteiger partial charge in [0.2, 0.25) is 0 Å². The van der Waals surface area contributed by atoms with Crippen LogP contribution in [0.5, 0.6) is 0 Å². The summed E-state index contributed by atoms with van der Waals surface area (Å²) in [6.07, 6.45) is 4.69. The van der Waals surface area contributed by atoms with Crippen molar-refractivity contribution in [2.45, 2.75) is 66.0 Å². The lowest BCUT2D eigenvalue weighted by Gasteiger charge is -2.43. The molecule has 0 aliphatic heterocycles. The third-order valence-corrected chi connectivity index (χ3v) is 4.55. The molecule has 1 aliphatic rings. The molecule has 18 heavy (non-hydrogen) atoms. The van der Waals surface area contributed by atoms with E-state index in [1.165, 1.54) is 5.69 Å². The molecule has 1 N–H and O–H groups in total. The number of nitrogens with zero attached hydrogens (tertiary/aromatic N) is 2. The number of aromatic nitrogens is 2. The maximum Gasteiger partial charge on any atom is 0.0954 e. The molecular weight excluding hydrogens is 224 g/mol. The molecule has 1 aromatic rings. The van der Waals surface area contributed by atoms with Crippen molar-refractivity contribution in [2.24, 2.45) is 11.3 Å². The first kappa shape index (κ1) is 13.6. The second-order valence-electron chi connectivity index (χ2n) is 6.83. The van der Waals surface area contributed by atoms with Crippen molar-refractivity contribution in [2.75, 3.05) is 0 Å². The molecule has 2 rings (SSSR count). The van der Waals surface area contributed by atoms with Crippen LogP contribution in [0, 0.1) is 25.2 Å². The Morgan fingerprint density at radius 2 is 1.94 bits per heavy atom. The number of aliphatic hydroxyl groups excluding tert-OH is 1. The third-order valence-electron chi connectivity index (χ3n) is 4.55. The Morgan fingerprint density at radius 1 is 1.28 bits per heavy atom. The van der Waals surface area contributed by atoms with Gasteiger partial charge in [0.25, 0.3) is 0 Å². The number of rotatable bonds is 1. The first-order valence-electron chi connectivity index (χ1n) is 6.99. The van der Waals surface area contributed by atoms with E-state index >= 15 is 0 Å². The van der Waals surface area contributed by atoms with Crippen LogP contribution in [0.25, 0.3) is 0 Å². The highest BCUT2D eigenvalue weighted by Crippen LogP contribution is 2.44. The van der Waals surface area contributed by atoms with E-state index in [9.17, 15) is 5.11 Å². The topological polar surface area (TPSA) is 38.0 Å². The van der Waals surface area contributed by atoms with Gasteiger partial charge in [0.1, 0.15) is 0 Å². The summed E-state index contributed by atoms with van der Waals surface area (Å²) in [6.45, 7) is 11.1. The summed E-state index contributed by atoms with van der Waals surface area (Å²) in [5.74, 6) is 0.605. The predicted molar refractivity (Wildman–Crippen MR) is 73.5 cm³/mol. The molecule has 1 saturated carbocycles. The normalized spacial score (nSPS) is 29.6. The standard InChI is InChI=1S/C15H26N2O/c1-10-11(2)17(9-16-10)14-8-12(18)6-7-13(14)15(3,4)5/h9,12-14,18H,6-8H2,1-5H3. The van der Waals surface area contributed by atoms with Gasteiger partial charge in [-0.15, -0.1) is 0 Å². The smallest absolute Gasteiger partial charge is 0.0954 e. The Labute approximate surface area is 110 Å². The van der Waals surface area contributed by atoms with E-state index in [2.05, 4.69) is 44.2 Å². The van der Waals surface area contributed by atoms with Crippen molar-refractivity contribution in [3.05, 3.63) is 17.7 Å². The van der Waals surface area contributed by atoms with E-state index in [0.29, 0.717) is 12.0 Å². The maximum absolute atomic E-state index is 9.99. The summed E-state index contributed by atoms with van der Waals surface area (Å²) in [6, 6.07) is 0.384. The van der Waals surface area contributed by atoms with Gasteiger partial charge in [-0.25, -0.2) is 4.98 Å². The van der Waals surface area contributed by atoms with Crippen LogP contribution in [0.15, 0.2) is 6.33 Å². The lowest BCUT2D eigenvalue weighted by molar-refractivity contribution is 0.0293. The minimum Gasteiger partial charge on any atom is -0.393 e. The molecule has 1 aromatic heterocycles. The Kier molecular flexibility index (Phi) is 3.54. The molecular formula is C15H26N2O. The molecule has 0 saturated heterocycles. The second kappa shape index (κ2) is 4.69. The molecule has 0 spiro atoms. The van der Waals surface area contributed by atoms with Gasteiger partial charge >= 0.3 is 0 Å². The highest BCUT2D eigenvalue weighted by Gasteiger charge is 2.38. The fourth-order valence-corrected chi connectivity index (χ4v) is 3.29. The van der Waals surface area contributed by atoms with Crippen LogP contribution in [0.1, 0.15) is 57.5 Å². The third kappa shape index (κ3) is 2.46. The van der Waals surface area contributed by atoms with E-state index in [4.69, 9.17) is 0 Å². The van der Waals surface area contributed by atoms with Gasteiger partial charge in [0, 0.05) is 11.7 Å². The molecule has 1 aliphatic carbocycles. The molecule has 0 bridgehead atoms. The van der Waals surface area contributed by atoms with E-state index in [0.717, 1.165) is 25.0 Å². The van der Waals surface area contributed by atoms with Crippen LogP contribution in [-0.2, 0) is 0 Å². The summed E-state index contributed by atoms with van der Waals surface area (Å²) in [5.41, 5.74) is 2.61. The van der Waals surface area contributed by atoms with Crippen molar-refractivity contribution in [1.29, 1.82) is 0 Å². The molecule has 1 fully saturated rings. The SMILES string of the molecule is Cc1ncn(C2CC(O)CCC2C(C)(C)C)c1C. The van der Waals surface area contributed by atoms with E-state index in [1.807, 2.05) is 6.33 Å². The van der Waals surface area contributed by atoms with E-state index < -0.39 is 0 Å². The zero-order valence-corrected chi connectivity index (χ0v) is 12.3. The monoisotopic (exact) mass is 250 g/mol. The van der Waals surface area contributed by atoms with Gasteiger partial charge in [-0.2, -0.15) is 0 Å². The van der Waals surface area contributed by atoms with Crippen molar-refractivity contribution < 1.29 is 5.11 Å². The number of hydrogen-bond donors (Lipinski definition) is 1. The van der Waals surface area contributed by atoms with Gasteiger partial charge in [0.05, 0.1) is 18.1 Å². The van der Waals surface area contributed by atoms with Gasteiger partial charge in [-0.3, -0.25) is 0 Å². The molecule has 3 heteroatoms. The predicted octanol–water partition coefficient (Wildman–Crippen LogP) is 3.25. The zero-order chi connectivity index (χ0) is 13.5. The van der Waals surface area contributed by atoms with Crippen LogP contribution in [-0.4, -0.2) is 20.8 Å². The highest BCUT2D eigenvalue weighted by atomic mass is 16.3.